The van der Waals surface area contributed by atoms with Crippen LogP contribution in [0, 0.1) is 0 Å². The lowest BCUT2D eigenvalue weighted by Crippen LogP contribution is -2.24. The molecule has 188 valence electrons. The average molecular weight is 509 g/mol. The molecule has 0 unspecified atom stereocenters. The fraction of sp³-hybridized carbons (Fsp3) is 0.179. The van der Waals surface area contributed by atoms with Crippen LogP contribution in [0.3, 0.4) is 0 Å². The second-order valence-electron chi connectivity index (χ2n) is 9.64. The average Bonchev–Trinajstić information content (AvgIpc) is 3.64. The molecule has 0 saturated carbocycles. The third kappa shape index (κ3) is 4.08. The quantitative estimate of drug-likeness (QED) is 0.321. The Morgan fingerprint density at radius 1 is 0.921 bits per heavy atom. The maximum absolute atomic E-state index is 13.6. The van der Waals surface area contributed by atoms with Gasteiger partial charge in [0.15, 0.2) is 5.65 Å². The zero-order valence-electron chi connectivity index (χ0n) is 20.2. The molecule has 1 aliphatic heterocycles. The van der Waals surface area contributed by atoms with Crippen LogP contribution in [-0.4, -0.2) is 59.0 Å². The Morgan fingerprint density at radius 3 is 2.66 bits per heavy atom. The number of hydrogen-bond acceptors (Lipinski definition) is 6. The number of aromatic nitrogens is 7. The molecular formula is C28H22F2N8. The Bertz CT molecular complexity index is 1780. The zero-order chi connectivity index (χ0) is 25.7. The topological polar surface area (TPSA) is 99.3 Å². The minimum Gasteiger partial charge on any atom is -0.352 e. The van der Waals surface area contributed by atoms with Gasteiger partial charge >= 0.3 is 0 Å². The third-order valence-electron chi connectivity index (χ3n) is 6.95. The van der Waals surface area contributed by atoms with Gasteiger partial charge in [0.2, 0.25) is 0 Å². The van der Waals surface area contributed by atoms with Gasteiger partial charge in [0.25, 0.3) is 5.92 Å². The third-order valence-corrected chi connectivity index (χ3v) is 6.95. The molecule has 7 heterocycles. The summed E-state index contributed by atoms with van der Waals surface area (Å²) in [5.74, 6) is -2.62. The van der Waals surface area contributed by atoms with E-state index in [1.54, 1.807) is 35.9 Å². The van der Waals surface area contributed by atoms with Crippen molar-refractivity contribution in [1.82, 2.24) is 40.0 Å². The fourth-order valence-electron chi connectivity index (χ4n) is 5.11. The van der Waals surface area contributed by atoms with Crippen LogP contribution in [-0.2, 0) is 6.54 Å². The molecule has 0 atom stereocenters. The second-order valence-corrected chi connectivity index (χ2v) is 9.64. The van der Waals surface area contributed by atoms with Gasteiger partial charge in [0.05, 0.1) is 35.3 Å². The summed E-state index contributed by atoms with van der Waals surface area (Å²) in [6.45, 7) is 0.598. The van der Waals surface area contributed by atoms with Gasteiger partial charge in [0.1, 0.15) is 0 Å². The van der Waals surface area contributed by atoms with E-state index in [-0.39, 0.29) is 13.0 Å². The number of aromatic amines is 2. The summed E-state index contributed by atoms with van der Waals surface area (Å²) in [4.78, 5) is 23.0. The Kier molecular flexibility index (Phi) is 5.22. The van der Waals surface area contributed by atoms with Crippen LogP contribution >= 0.6 is 0 Å². The number of likely N-dealkylation sites (tertiary alicyclic amines) is 1. The molecule has 0 radical (unpaired) electrons. The predicted octanol–water partition coefficient (Wildman–Crippen LogP) is 5.47. The normalized spacial score (nSPS) is 15.5. The maximum atomic E-state index is 13.6. The van der Waals surface area contributed by atoms with Gasteiger partial charge in [-0.25, -0.2) is 13.8 Å². The highest BCUT2D eigenvalue weighted by Gasteiger charge is 2.37. The van der Waals surface area contributed by atoms with Gasteiger partial charge in [-0.3, -0.25) is 25.0 Å². The Morgan fingerprint density at radius 2 is 1.82 bits per heavy atom. The first-order chi connectivity index (χ1) is 18.5. The standard InChI is InChI=1S/C28H22F2N8/c29-28(30)4-6-38(16-28)15-17-7-18(11-31-10-17)19-8-21-26(36-37-27(21)34-12-19)24-9-20-22(13-32-14-25(20)35-24)23-3-1-2-5-33-23/h1-3,5,7-14,35H,4,6,15-16H2,(H,34,36,37). The molecule has 8 nitrogen and oxygen atoms in total. The van der Waals surface area contributed by atoms with Crippen molar-refractivity contribution in [1.29, 1.82) is 0 Å². The fourth-order valence-corrected chi connectivity index (χ4v) is 5.11. The molecule has 2 N–H and O–H groups in total. The van der Waals surface area contributed by atoms with Crippen LogP contribution in [0.15, 0.2) is 73.6 Å². The summed E-state index contributed by atoms with van der Waals surface area (Å²) in [5, 5.41) is 9.38. The number of rotatable bonds is 5. The number of nitrogens with one attached hydrogen (secondary N) is 2. The molecule has 6 aromatic heterocycles. The monoisotopic (exact) mass is 508 g/mol. The van der Waals surface area contributed by atoms with E-state index in [1.165, 1.54) is 0 Å². The van der Waals surface area contributed by atoms with Gasteiger partial charge in [-0.1, -0.05) is 6.07 Å². The minimum atomic E-state index is -2.62. The summed E-state index contributed by atoms with van der Waals surface area (Å²) >= 11 is 0. The molecule has 0 amide bonds. The summed E-state index contributed by atoms with van der Waals surface area (Å²) in [6, 6.07) is 11.9. The SMILES string of the molecule is FC1(F)CCN(Cc2cncc(-c3cnc4n[nH]c(-c5cc6c(-c7ccccn7)cncc6[nH]5)c4c3)c2)C1. The first-order valence-corrected chi connectivity index (χ1v) is 12.3. The van der Waals surface area contributed by atoms with Crippen molar-refractivity contribution in [3.05, 3.63) is 79.1 Å². The van der Waals surface area contributed by atoms with Crippen LogP contribution in [0.1, 0.15) is 12.0 Å². The molecule has 38 heavy (non-hydrogen) atoms. The number of halogens is 2. The first-order valence-electron chi connectivity index (χ1n) is 12.3. The Labute approximate surface area is 215 Å². The number of H-pyrrole nitrogens is 2. The van der Waals surface area contributed by atoms with Gasteiger partial charge < -0.3 is 4.98 Å². The van der Waals surface area contributed by atoms with Crippen LogP contribution in [0.4, 0.5) is 8.78 Å². The number of pyridine rings is 4. The zero-order valence-corrected chi connectivity index (χ0v) is 20.2. The lowest BCUT2D eigenvalue weighted by atomic mass is 10.1. The molecule has 6 aromatic rings. The highest BCUT2D eigenvalue weighted by molar-refractivity contribution is 6.00. The molecule has 0 aliphatic carbocycles. The molecule has 0 spiro atoms. The van der Waals surface area contributed by atoms with E-state index in [0.717, 1.165) is 55.6 Å². The highest BCUT2D eigenvalue weighted by atomic mass is 19.3. The predicted molar refractivity (Wildman–Crippen MR) is 140 cm³/mol. The van der Waals surface area contributed by atoms with Gasteiger partial charge in [-0.15, -0.1) is 0 Å². The van der Waals surface area contributed by atoms with Gasteiger partial charge in [0, 0.05) is 78.0 Å². The molecule has 1 fully saturated rings. The highest BCUT2D eigenvalue weighted by Crippen LogP contribution is 2.34. The lowest BCUT2D eigenvalue weighted by Gasteiger charge is -2.15. The molecule has 7 rings (SSSR count). The lowest BCUT2D eigenvalue weighted by molar-refractivity contribution is 0.0115. The van der Waals surface area contributed by atoms with Crippen molar-refractivity contribution >= 4 is 21.9 Å². The summed E-state index contributed by atoms with van der Waals surface area (Å²) in [6.07, 6.45) is 10.5. The van der Waals surface area contributed by atoms with Crippen molar-refractivity contribution in [3.8, 4) is 33.8 Å². The smallest absolute Gasteiger partial charge is 0.261 e. The molecular weight excluding hydrogens is 486 g/mol. The molecule has 0 bridgehead atoms. The Hall–Kier alpha value is -4.57. The van der Waals surface area contributed by atoms with E-state index in [4.69, 9.17) is 0 Å². The van der Waals surface area contributed by atoms with Crippen molar-refractivity contribution < 1.29 is 8.78 Å². The maximum Gasteiger partial charge on any atom is 0.261 e. The molecule has 1 aliphatic rings. The Balaban J connectivity index is 1.24. The summed E-state index contributed by atoms with van der Waals surface area (Å²) in [7, 11) is 0. The van der Waals surface area contributed by atoms with E-state index in [1.807, 2.05) is 36.5 Å². The van der Waals surface area contributed by atoms with Gasteiger partial charge in [-0.2, -0.15) is 5.10 Å². The van der Waals surface area contributed by atoms with E-state index in [2.05, 4.69) is 41.2 Å². The molecule has 1 saturated heterocycles. The van der Waals surface area contributed by atoms with Crippen LogP contribution in [0.25, 0.3) is 55.7 Å². The second kappa shape index (κ2) is 8.77. The summed E-state index contributed by atoms with van der Waals surface area (Å²) < 4.78 is 27.3. The summed E-state index contributed by atoms with van der Waals surface area (Å²) in [5.41, 5.74) is 7.55. The van der Waals surface area contributed by atoms with Crippen LogP contribution in [0.2, 0.25) is 0 Å². The van der Waals surface area contributed by atoms with E-state index < -0.39 is 5.92 Å². The van der Waals surface area contributed by atoms with Crippen molar-refractivity contribution in [3.63, 3.8) is 0 Å². The van der Waals surface area contributed by atoms with E-state index in [0.29, 0.717) is 18.7 Å². The first kappa shape index (κ1) is 22.6. The number of hydrogen-bond donors (Lipinski definition) is 2. The van der Waals surface area contributed by atoms with Gasteiger partial charge in [-0.05, 0) is 35.9 Å². The van der Waals surface area contributed by atoms with Crippen LogP contribution in [0.5, 0.6) is 0 Å². The minimum absolute atomic E-state index is 0.100. The van der Waals surface area contributed by atoms with Crippen molar-refractivity contribution in [2.24, 2.45) is 0 Å². The van der Waals surface area contributed by atoms with Crippen LogP contribution < -0.4 is 0 Å². The van der Waals surface area contributed by atoms with E-state index in [9.17, 15) is 8.78 Å². The number of fused-ring (bicyclic) bond motifs is 2. The van der Waals surface area contributed by atoms with Crippen molar-refractivity contribution in [2.45, 2.75) is 18.9 Å². The number of alkyl halides is 2. The van der Waals surface area contributed by atoms with Crippen molar-refractivity contribution in [2.75, 3.05) is 13.1 Å². The number of nitrogens with zero attached hydrogens (tertiary/aromatic N) is 6. The largest absolute Gasteiger partial charge is 0.352 e. The van der Waals surface area contributed by atoms with E-state index >= 15 is 0 Å². The molecule has 0 aromatic carbocycles. The molecule has 10 heteroatoms.